The van der Waals surface area contributed by atoms with Gasteiger partial charge in [-0.2, -0.15) is 5.10 Å². The number of rotatable bonds is 5. The van der Waals surface area contributed by atoms with Gasteiger partial charge in [0.1, 0.15) is 6.33 Å². The Morgan fingerprint density at radius 2 is 2.24 bits per heavy atom. The third kappa shape index (κ3) is 3.28. The summed E-state index contributed by atoms with van der Waals surface area (Å²) in [5.74, 6) is 0.119. The molecule has 0 saturated carbocycles. The molecule has 25 heavy (non-hydrogen) atoms. The molecule has 0 aliphatic carbocycles. The summed E-state index contributed by atoms with van der Waals surface area (Å²) in [5.41, 5.74) is 4.07. The van der Waals surface area contributed by atoms with E-state index in [1.165, 1.54) is 29.4 Å². The topological polar surface area (TPSA) is 99.4 Å². The molecule has 0 atom stereocenters. The Morgan fingerprint density at radius 3 is 3.08 bits per heavy atom. The van der Waals surface area contributed by atoms with Gasteiger partial charge in [-0.15, -0.1) is 11.3 Å². The minimum atomic E-state index is -0.127. The molecule has 0 aliphatic heterocycles. The van der Waals surface area contributed by atoms with Crippen molar-refractivity contribution < 1.29 is 4.79 Å². The van der Waals surface area contributed by atoms with E-state index in [0.29, 0.717) is 10.3 Å². The number of carbonyl (C=O) groups is 1. The molecule has 126 valence electrons. The third-order valence-electron chi connectivity index (χ3n) is 3.63. The van der Waals surface area contributed by atoms with E-state index in [-0.39, 0.29) is 11.7 Å². The van der Waals surface area contributed by atoms with Crippen molar-refractivity contribution in [1.29, 1.82) is 0 Å². The van der Waals surface area contributed by atoms with Crippen LogP contribution in [-0.2, 0) is 4.79 Å². The van der Waals surface area contributed by atoms with Gasteiger partial charge in [-0.05, 0) is 13.0 Å². The van der Waals surface area contributed by atoms with Crippen LogP contribution in [0.2, 0.25) is 0 Å². The van der Waals surface area contributed by atoms with Crippen molar-refractivity contribution in [2.45, 2.75) is 12.1 Å². The lowest BCUT2D eigenvalue weighted by Crippen LogP contribution is -2.13. The van der Waals surface area contributed by atoms with Gasteiger partial charge in [0, 0.05) is 27.5 Å². The fourth-order valence-electron chi connectivity index (χ4n) is 2.61. The van der Waals surface area contributed by atoms with Crippen LogP contribution in [0.15, 0.2) is 41.1 Å². The number of fused-ring (bicyclic) bond motifs is 1. The van der Waals surface area contributed by atoms with Crippen molar-refractivity contribution in [2.75, 3.05) is 11.1 Å². The Balaban J connectivity index is 1.50. The second kappa shape index (κ2) is 6.69. The van der Waals surface area contributed by atoms with Crippen LogP contribution in [0.1, 0.15) is 5.69 Å². The maximum atomic E-state index is 12.0. The normalized spacial score (nSPS) is 11.1. The number of aryl methyl sites for hydroxylation is 1. The molecule has 0 bridgehead atoms. The average molecular weight is 370 g/mol. The largest absolute Gasteiger partial charge is 0.358 e. The van der Waals surface area contributed by atoms with Gasteiger partial charge >= 0.3 is 0 Å². The lowest BCUT2D eigenvalue weighted by molar-refractivity contribution is -0.113. The van der Waals surface area contributed by atoms with Gasteiger partial charge in [0.2, 0.25) is 5.91 Å². The van der Waals surface area contributed by atoms with Crippen LogP contribution in [0.25, 0.3) is 22.2 Å². The molecule has 0 fully saturated rings. The summed E-state index contributed by atoms with van der Waals surface area (Å²) < 4.78 is 0. The molecule has 0 saturated heterocycles. The molecule has 4 rings (SSSR count). The van der Waals surface area contributed by atoms with Gasteiger partial charge in [0.25, 0.3) is 0 Å². The minimum absolute atomic E-state index is 0.127. The fraction of sp³-hybridized carbons (Fsp3) is 0.125. The maximum Gasteiger partial charge on any atom is 0.236 e. The van der Waals surface area contributed by atoms with E-state index in [4.69, 9.17) is 0 Å². The molecule has 4 aromatic rings. The highest BCUT2D eigenvalue weighted by Crippen LogP contribution is 2.33. The molecule has 3 N–H and O–H groups in total. The number of thiazole rings is 1. The summed E-state index contributed by atoms with van der Waals surface area (Å²) in [7, 11) is 0. The Bertz CT molecular complexity index is 1020. The van der Waals surface area contributed by atoms with Crippen LogP contribution in [0.5, 0.6) is 0 Å². The van der Waals surface area contributed by atoms with Crippen molar-refractivity contribution in [3.8, 4) is 11.3 Å². The number of H-pyrrole nitrogens is 2. The highest BCUT2D eigenvalue weighted by atomic mass is 32.2. The smallest absolute Gasteiger partial charge is 0.236 e. The molecule has 0 aliphatic rings. The first kappa shape index (κ1) is 15.9. The third-order valence-corrected chi connectivity index (χ3v) is 5.27. The number of hydrogen-bond acceptors (Lipinski definition) is 6. The zero-order chi connectivity index (χ0) is 17.2. The lowest BCUT2D eigenvalue weighted by Gasteiger charge is -2.00. The van der Waals surface area contributed by atoms with Crippen LogP contribution in [-0.4, -0.2) is 36.8 Å². The molecule has 9 heteroatoms. The predicted molar refractivity (Wildman–Crippen MR) is 99.9 cm³/mol. The SMILES string of the molecule is Cc1[nH]c2ccccc2c1-c1csc(NC(=O)CSc2ncn[nH]2)n1. The molecule has 1 aromatic carbocycles. The number of hydrogen-bond donors (Lipinski definition) is 3. The van der Waals surface area contributed by atoms with Gasteiger partial charge in [0.05, 0.1) is 11.4 Å². The average Bonchev–Trinajstić information content (AvgIpc) is 3.32. The number of aromatic amines is 2. The number of benzene rings is 1. The first-order valence-electron chi connectivity index (χ1n) is 7.52. The van der Waals surface area contributed by atoms with E-state index in [2.05, 4.69) is 36.5 Å². The highest BCUT2D eigenvalue weighted by Gasteiger charge is 2.14. The number of amides is 1. The molecule has 7 nitrogen and oxygen atoms in total. The molecule has 3 heterocycles. The number of carbonyl (C=O) groups excluding carboxylic acids is 1. The summed E-state index contributed by atoms with van der Waals surface area (Å²) >= 11 is 2.71. The van der Waals surface area contributed by atoms with Crippen LogP contribution in [0.3, 0.4) is 0 Å². The number of aromatic nitrogens is 5. The Morgan fingerprint density at radius 1 is 1.36 bits per heavy atom. The monoisotopic (exact) mass is 370 g/mol. The summed E-state index contributed by atoms with van der Waals surface area (Å²) in [6, 6.07) is 8.12. The molecule has 0 spiro atoms. The van der Waals surface area contributed by atoms with Crippen molar-refractivity contribution in [1.82, 2.24) is 25.1 Å². The van der Waals surface area contributed by atoms with E-state index in [1.54, 1.807) is 0 Å². The summed E-state index contributed by atoms with van der Waals surface area (Å²) in [5, 5.41) is 13.6. The van der Waals surface area contributed by atoms with Gasteiger partial charge in [-0.25, -0.2) is 9.97 Å². The maximum absolute atomic E-state index is 12.0. The number of anilines is 1. The zero-order valence-electron chi connectivity index (χ0n) is 13.2. The molecule has 0 unspecified atom stereocenters. The van der Waals surface area contributed by atoms with Gasteiger partial charge in [0.15, 0.2) is 10.3 Å². The first-order chi connectivity index (χ1) is 12.2. The highest BCUT2D eigenvalue weighted by molar-refractivity contribution is 7.99. The molecular formula is C16H14N6OS2. The van der Waals surface area contributed by atoms with Crippen molar-refractivity contribution in [2.24, 2.45) is 0 Å². The van der Waals surface area contributed by atoms with Crippen molar-refractivity contribution in [3.05, 3.63) is 41.7 Å². The number of thioether (sulfide) groups is 1. The van der Waals surface area contributed by atoms with Crippen molar-refractivity contribution >= 4 is 45.0 Å². The number of para-hydroxylation sites is 1. The second-order valence-corrected chi connectivity index (χ2v) is 7.16. The van der Waals surface area contributed by atoms with E-state index in [1.807, 2.05) is 30.5 Å². The fourth-order valence-corrected chi connectivity index (χ4v) is 3.90. The van der Waals surface area contributed by atoms with E-state index < -0.39 is 0 Å². The molecular weight excluding hydrogens is 356 g/mol. The van der Waals surface area contributed by atoms with Crippen LogP contribution in [0.4, 0.5) is 5.13 Å². The summed E-state index contributed by atoms with van der Waals surface area (Å²) in [6.07, 6.45) is 1.41. The molecule has 1 amide bonds. The van der Waals surface area contributed by atoms with Gasteiger partial charge < -0.3 is 10.3 Å². The molecule has 3 aromatic heterocycles. The first-order valence-corrected chi connectivity index (χ1v) is 9.38. The van der Waals surface area contributed by atoms with Gasteiger partial charge in [-0.1, -0.05) is 30.0 Å². The summed E-state index contributed by atoms with van der Waals surface area (Å²) in [4.78, 5) is 24.0. The lowest BCUT2D eigenvalue weighted by atomic mass is 10.1. The minimum Gasteiger partial charge on any atom is -0.358 e. The van der Waals surface area contributed by atoms with E-state index >= 15 is 0 Å². The van der Waals surface area contributed by atoms with Gasteiger partial charge in [-0.3, -0.25) is 9.89 Å². The summed E-state index contributed by atoms with van der Waals surface area (Å²) in [6.45, 7) is 2.03. The van der Waals surface area contributed by atoms with Crippen molar-refractivity contribution in [3.63, 3.8) is 0 Å². The van der Waals surface area contributed by atoms with E-state index in [9.17, 15) is 4.79 Å². The van der Waals surface area contributed by atoms with Crippen LogP contribution < -0.4 is 5.32 Å². The van der Waals surface area contributed by atoms with Crippen LogP contribution >= 0.6 is 23.1 Å². The Hall–Kier alpha value is -2.65. The standard InChI is InChI=1S/C16H14N6OS2/c1-9-14(10-4-2-3-5-11(10)19-9)12-6-24-16(20-12)21-13(23)7-25-15-17-8-18-22-15/h2-6,8,19H,7H2,1H3,(H,17,18,22)(H,20,21,23). The quantitative estimate of drug-likeness (QED) is 0.467. The number of nitrogens with one attached hydrogen (secondary N) is 3. The van der Waals surface area contributed by atoms with Crippen LogP contribution in [0, 0.1) is 6.92 Å². The predicted octanol–water partition coefficient (Wildman–Crippen LogP) is 3.45. The Labute approximate surface area is 151 Å². The number of nitrogens with zero attached hydrogens (tertiary/aromatic N) is 3. The molecule has 0 radical (unpaired) electrons. The zero-order valence-corrected chi connectivity index (χ0v) is 14.9. The Kier molecular flexibility index (Phi) is 4.24. The van der Waals surface area contributed by atoms with E-state index in [0.717, 1.165) is 27.9 Å². The second-order valence-electron chi connectivity index (χ2n) is 5.34.